The maximum atomic E-state index is 13.9. The molecule has 0 bridgehead atoms. The molecule has 0 aromatic rings. The Balaban J connectivity index is 5.71. The number of nitrogens with one attached hydrogen (secondary N) is 4. The third kappa shape index (κ3) is 39.1. The number of ether oxygens (including phenoxy) is 2. The Kier molecular flexibility index (Phi) is 47.0. The number of amides is 4. The van der Waals surface area contributed by atoms with Gasteiger partial charge in [-0.2, -0.15) is 0 Å². The number of carbonyl (C=O) groups excluding carboxylic acids is 6. The Morgan fingerprint density at radius 1 is 0.432 bits per heavy atom. The first kappa shape index (κ1) is 70.6. The Morgan fingerprint density at radius 2 is 0.757 bits per heavy atom. The Labute approximate surface area is 449 Å². The van der Waals surface area contributed by atoms with Crippen LogP contribution in [0.2, 0.25) is 0 Å². The van der Waals surface area contributed by atoms with Gasteiger partial charge in [-0.25, -0.2) is 0 Å². The van der Waals surface area contributed by atoms with E-state index in [9.17, 15) is 33.9 Å². The van der Waals surface area contributed by atoms with Crippen LogP contribution in [-0.4, -0.2) is 110 Å². The molecule has 0 aromatic carbocycles. The van der Waals surface area contributed by atoms with E-state index >= 15 is 0 Å². The maximum absolute atomic E-state index is 13.9. The molecule has 0 spiro atoms. The van der Waals surface area contributed by atoms with Crippen molar-refractivity contribution in [2.24, 2.45) is 22.9 Å². The van der Waals surface area contributed by atoms with E-state index in [1.165, 1.54) is 122 Å². The first-order valence-electron chi connectivity index (χ1n) is 29.8. The number of carbonyl (C=O) groups is 6. The smallest absolute Gasteiger partial charge is 0.305 e. The zero-order valence-corrected chi connectivity index (χ0v) is 47.2. The number of hydrogen-bond donors (Lipinski definition) is 9. The van der Waals surface area contributed by atoms with Crippen LogP contribution in [0.25, 0.3) is 0 Å². The molecule has 0 aliphatic heterocycles. The minimum absolute atomic E-state index is 0.162. The molecule has 0 radical (unpaired) electrons. The molecular weight excluding hydrogens is 941 g/mol. The SMILES string of the molecule is CCCCCCCCCCCCCCCC(=O)OCC(CO)(COC(=O)CCCCCCCCCCCCCCC)NC(=O)[C@H](C)NC(=O)[C@H](CCCCN)NC(=O)[C@H](CCCCN)NC(=O)[C@@H](N)CCCCN. The highest BCUT2D eigenvalue weighted by Gasteiger charge is 2.37. The standard InChI is InChI=1S/C57H112N8O9/c1-4-6-8-10-12-14-16-18-20-22-24-26-28-39-51(67)73-45-57(44-66,46-74-52(68)40-29-27-25-23-21-19-17-15-13-11-9-7-5-2)65-53(69)47(3)62-55(71)49(37-31-34-42-59)64-56(72)50(38-32-35-43-60)63-54(70)48(61)36-30-33-41-58/h47-50,66H,4-46,58-61H2,1-3H3,(H,62,71)(H,63,70)(H,64,72)(H,65,69)/t47-,48-,49-,50-/m0/s1. The van der Waals surface area contributed by atoms with Crippen LogP contribution in [0, 0.1) is 0 Å². The molecule has 0 fully saturated rings. The Morgan fingerprint density at radius 3 is 1.11 bits per heavy atom. The molecule has 0 aliphatic rings. The second kappa shape index (κ2) is 49.2. The molecular formula is C57H112N8O9. The summed E-state index contributed by atoms with van der Waals surface area (Å²) in [5.74, 6) is -3.48. The van der Waals surface area contributed by atoms with Gasteiger partial charge in [-0.3, -0.25) is 28.8 Å². The molecule has 4 atom stereocenters. The lowest BCUT2D eigenvalue weighted by Gasteiger charge is -2.33. The fourth-order valence-electron chi connectivity index (χ4n) is 8.86. The molecule has 4 amide bonds. The summed E-state index contributed by atoms with van der Waals surface area (Å²) in [6.45, 7) is 5.47. The van der Waals surface area contributed by atoms with E-state index in [0.29, 0.717) is 77.4 Å². The van der Waals surface area contributed by atoms with E-state index in [1.807, 2.05) is 0 Å². The summed E-state index contributed by atoms with van der Waals surface area (Å²) in [5.41, 5.74) is 21.5. The van der Waals surface area contributed by atoms with Gasteiger partial charge in [0.25, 0.3) is 0 Å². The summed E-state index contributed by atoms with van der Waals surface area (Å²) in [7, 11) is 0. The molecule has 0 saturated carbocycles. The number of unbranched alkanes of at least 4 members (excludes halogenated alkanes) is 27. The van der Waals surface area contributed by atoms with Crippen molar-refractivity contribution in [2.45, 2.75) is 288 Å². The fourth-order valence-corrected chi connectivity index (χ4v) is 8.86. The number of rotatable bonds is 53. The van der Waals surface area contributed by atoms with Crippen LogP contribution in [0.4, 0.5) is 0 Å². The van der Waals surface area contributed by atoms with Crippen LogP contribution in [0.1, 0.15) is 258 Å². The fraction of sp³-hybridized carbons (Fsp3) is 0.895. The van der Waals surface area contributed by atoms with Gasteiger partial charge in [0.15, 0.2) is 0 Å². The van der Waals surface area contributed by atoms with E-state index in [0.717, 1.165) is 38.5 Å². The second-order valence-electron chi connectivity index (χ2n) is 21.0. The first-order valence-corrected chi connectivity index (χ1v) is 29.8. The van der Waals surface area contributed by atoms with Crippen molar-refractivity contribution in [3.63, 3.8) is 0 Å². The van der Waals surface area contributed by atoms with Crippen molar-refractivity contribution in [2.75, 3.05) is 39.5 Å². The maximum Gasteiger partial charge on any atom is 0.305 e. The topological polar surface area (TPSA) is 293 Å². The van der Waals surface area contributed by atoms with Gasteiger partial charge in [-0.15, -0.1) is 0 Å². The normalized spacial score (nSPS) is 13.1. The lowest BCUT2D eigenvalue weighted by Crippen LogP contribution is -2.63. The predicted molar refractivity (Wildman–Crippen MR) is 299 cm³/mol. The summed E-state index contributed by atoms with van der Waals surface area (Å²) in [5, 5.41) is 21.7. The van der Waals surface area contributed by atoms with E-state index in [-0.39, 0.29) is 25.7 Å². The molecule has 0 saturated heterocycles. The van der Waals surface area contributed by atoms with Gasteiger partial charge in [0.2, 0.25) is 23.6 Å². The monoisotopic (exact) mass is 1050 g/mol. The second-order valence-corrected chi connectivity index (χ2v) is 21.0. The number of hydrogen-bond acceptors (Lipinski definition) is 13. The minimum atomic E-state index is -1.71. The van der Waals surface area contributed by atoms with Gasteiger partial charge < -0.3 is 58.8 Å². The molecule has 0 heterocycles. The Hall–Kier alpha value is -3.38. The largest absolute Gasteiger partial charge is 0.463 e. The zero-order chi connectivity index (χ0) is 54.9. The highest BCUT2D eigenvalue weighted by molar-refractivity contribution is 5.94. The van der Waals surface area contributed by atoms with Gasteiger partial charge in [-0.1, -0.05) is 174 Å². The number of nitrogens with two attached hydrogens (primary N) is 4. The highest BCUT2D eigenvalue weighted by atomic mass is 16.6. The molecule has 0 rings (SSSR count). The molecule has 0 unspecified atom stereocenters. The average molecular weight is 1050 g/mol. The Bertz CT molecular complexity index is 1380. The van der Waals surface area contributed by atoms with Crippen molar-refractivity contribution in [1.29, 1.82) is 0 Å². The highest BCUT2D eigenvalue weighted by Crippen LogP contribution is 2.17. The van der Waals surface area contributed by atoms with Crippen LogP contribution >= 0.6 is 0 Å². The van der Waals surface area contributed by atoms with E-state index in [2.05, 4.69) is 35.1 Å². The molecule has 17 nitrogen and oxygen atoms in total. The first-order chi connectivity index (χ1) is 35.8. The third-order valence-corrected chi connectivity index (χ3v) is 13.9. The van der Waals surface area contributed by atoms with Crippen molar-refractivity contribution >= 4 is 35.6 Å². The number of aliphatic hydroxyl groups is 1. The van der Waals surface area contributed by atoms with Crippen LogP contribution in [0.15, 0.2) is 0 Å². The van der Waals surface area contributed by atoms with Crippen molar-refractivity contribution in [1.82, 2.24) is 21.3 Å². The lowest BCUT2D eigenvalue weighted by atomic mass is 10.0. The summed E-state index contributed by atoms with van der Waals surface area (Å²) in [6, 6.07) is -4.15. The van der Waals surface area contributed by atoms with E-state index in [4.69, 9.17) is 32.4 Å². The summed E-state index contributed by atoms with van der Waals surface area (Å²) in [6.07, 6.45) is 35.1. The van der Waals surface area contributed by atoms with Gasteiger partial charge in [-0.05, 0) is 90.8 Å². The van der Waals surface area contributed by atoms with Crippen LogP contribution in [0.5, 0.6) is 0 Å². The van der Waals surface area contributed by atoms with Crippen LogP contribution in [-0.2, 0) is 38.2 Å². The average Bonchev–Trinajstić information content (AvgIpc) is 3.39. The quantitative estimate of drug-likeness (QED) is 0.0206. The molecule has 17 heteroatoms. The van der Waals surface area contributed by atoms with Crippen molar-refractivity contribution in [3.05, 3.63) is 0 Å². The van der Waals surface area contributed by atoms with Gasteiger partial charge in [0.05, 0.1) is 12.6 Å². The van der Waals surface area contributed by atoms with Crippen LogP contribution < -0.4 is 44.2 Å². The number of aliphatic hydroxyl groups excluding tert-OH is 1. The molecule has 0 aromatic heterocycles. The molecule has 74 heavy (non-hydrogen) atoms. The van der Waals surface area contributed by atoms with Crippen LogP contribution in [0.3, 0.4) is 0 Å². The minimum Gasteiger partial charge on any atom is -0.463 e. The molecule has 434 valence electrons. The summed E-state index contributed by atoms with van der Waals surface area (Å²) in [4.78, 5) is 80.7. The summed E-state index contributed by atoms with van der Waals surface area (Å²) >= 11 is 0. The predicted octanol–water partition coefficient (Wildman–Crippen LogP) is 8.07. The van der Waals surface area contributed by atoms with Gasteiger partial charge in [0, 0.05) is 12.8 Å². The van der Waals surface area contributed by atoms with Gasteiger partial charge >= 0.3 is 11.9 Å². The molecule has 13 N–H and O–H groups in total. The van der Waals surface area contributed by atoms with Crippen molar-refractivity contribution in [3.8, 4) is 0 Å². The lowest BCUT2D eigenvalue weighted by molar-refractivity contribution is -0.155. The van der Waals surface area contributed by atoms with Crippen molar-refractivity contribution < 1.29 is 43.3 Å². The molecule has 0 aliphatic carbocycles. The number of esters is 2. The van der Waals surface area contributed by atoms with E-state index < -0.39 is 85.1 Å². The van der Waals surface area contributed by atoms with E-state index in [1.54, 1.807) is 0 Å². The zero-order valence-electron chi connectivity index (χ0n) is 47.2. The van der Waals surface area contributed by atoms with Gasteiger partial charge in [0.1, 0.15) is 36.9 Å². The third-order valence-electron chi connectivity index (χ3n) is 13.9. The summed E-state index contributed by atoms with van der Waals surface area (Å²) < 4.78 is 11.3.